The number of ether oxygens (including phenoxy) is 1. The number of esters is 1. The zero-order valence-corrected chi connectivity index (χ0v) is 14.6. The van der Waals surface area contributed by atoms with Crippen LogP contribution in [-0.2, 0) is 19.6 Å². The maximum Gasteiger partial charge on any atom is 0.338 e. The summed E-state index contributed by atoms with van der Waals surface area (Å²) in [4.78, 5) is 23.1. The molecule has 0 aromatic heterocycles. The highest BCUT2D eigenvalue weighted by molar-refractivity contribution is 7.89. The van der Waals surface area contributed by atoms with E-state index in [4.69, 9.17) is 10.5 Å². The normalized spacial score (nSPS) is 20.3. The van der Waals surface area contributed by atoms with Crippen LogP contribution in [0.15, 0.2) is 29.2 Å². The molecule has 1 saturated heterocycles. The van der Waals surface area contributed by atoms with E-state index < -0.39 is 28.0 Å². The van der Waals surface area contributed by atoms with Crippen LogP contribution >= 0.6 is 0 Å². The van der Waals surface area contributed by atoms with Gasteiger partial charge in [0, 0.05) is 12.6 Å². The molecular weight excluding hydrogens is 332 g/mol. The molecule has 8 heteroatoms. The molecule has 1 aliphatic heterocycles. The molecular formula is C16H22N2O5S. The minimum Gasteiger partial charge on any atom is -0.449 e. The average molecular weight is 354 g/mol. The number of carbonyl (C=O) groups is 2. The van der Waals surface area contributed by atoms with E-state index in [0.29, 0.717) is 6.54 Å². The van der Waals surface area contributed by atoms with Crippen LogP contribution in [0.3, 0.4) is 0 Å². The number of hydrogen-bond donors (Lipinski definition) is 1. The third-order valence-electron chi connectivity index (χ3n) is 4.10. The molecule has 1 aromatic carbocycles. The molecule has 2 N–H and O–H groups in total. The van der Waals surface area contributed by atoms with E-state index in [1.807, 2.05) is 6.92 Å². The van der Waals surface area contributed by atoms with Crippen molar-refractivity contribution in [1.82, 2.24) is 4.31 Å². The van der Waals surface area contributed by atoms with Gasteiger partial charge in [0.1, 0.15) is 0 Å². The Hall–Kier alpha value is -1.93. The summed E-state index contributed by atoms with van der Waals surface area (Å²) in [6.45, 7) is 3.70. The molecule has 132 valence electrons. The van der Waals surface area contributed by atoms with E-state index in [1.165, 1.54) is 35.5 Å². The number of sulfonamides is 1. The molecule has 1 fully saturated rings. The first-order chi connectivity index (χ1) is 11.2. The summed E-state index contributed by atoms with van der Waals surface area (Å²) >= 11 is 0. The smallest absolute Gasteiger partial charge is 0.338 e. The lowest BCUT2D eigenvalue weighted by atomic mass is 10.1. The molecule has 2 atom stereocenters. The minimum absolute atomic E-state index is 0.0393. The van der Waals surface area contributed by atoms with Gasteiger partial charge in [-0.15, -0.1) is 0 Å². The van der Waals surface area contributed by atoms with Gasteiger partial charge in [0.25, 0.3) is 5.91 Å². The third kappa shape index (κ3) is 3.93. The number of benzene rings is 1. The topological polar surface area (TPSA) is 107 Å². The Morgan fingerprint density at radius 1 is 1.33 bits per heavy atom. The summed E-state index contributed by atoms with van der Waals surface area (Å²) in [5.74, 6) is -1.56. The molecule has 1 amide bonds. The van der Waals surface area contributed by atoms with Crippen molar-refractivity contribution in [2.24, 2.45) is 5.73 Å². The van der Waals surface area contributed by atoms with E-state index in [-0.39, 0.29) is 16.5 Å². The Kier molecular flexibility index (Phi) is 5.61. The number of hydrogen-bond acceptors (Lipinski definition) is 5. The number of primary amides is 1. The largest absolute Gasteiger partial charge is 0.449 e. The molecule has 1 aromatic rings. The number of carbonyl (C=O) groups excluding carboxylic acids is 2. The molecule has 24 heavy (non-hydrogen) atoms. The molecule has 0 spiro atoms. The van der Waals surface area contributed by atoms with Crippen molar-refractivity contribution >= 4 is 21.9 Å². The summed E-state index contributed by atoms with van der Waals surface area (Å²) in [5, 5.41) is 0. The van der Waals surface area contributed by atoms with Crippen LogP contribution in [0, 0.1) is 0 Å². The predicted octanol–water partition coefficient (Wildman–Crippen LogP) is 1.28. The van der Waals surface area contributed by atoms with Crippen LogP contribution in [0.5, 0.6) is 0 Å². The van der Waals surface area contributed by atoms with Gasteiger partial charge < -0.3 is 10.5 Å². The van der Waals surface area contributed by atoms with E-state index >= 15 is 0 Å². The zero-order chi connectivity index (χ0) is 17.9. The van der Waals surface area contributed by atoms with Crippen LogP contribution in [0.4, 0.5) is 0 Å². The van der Waals surface area contributed by atoms with Gasteiger partial charge in [-0.2, -0.15) is 4.31 Å². The second kappa shape index (κ2) is 7.31. The number of rotatable bonds is 5. The fraction of sp³-hybridized carbons (Fsp3) is 0.500. The van der Waals surface area contributed by atoms with Gasteiger partial charge in [0.15, 0.2) is 6.10 Å². The molecule has 2 rings (SSSR count). The summed E-state index contributed by atoms with van der Waals surface area (Å²) in [5.41, 5.74) is 5.12. The molecule has 1 aliphatic rings. The summed E-state index contributed by atoms with van der Waals surface area (Å²) in [7, 11) is -3.68. The summed E-state index contributed by atoms with van der Waals surface area (Å²) in [6, 6.07) is 5.56. The molecule has 0 radical (unpaired) electrons. The molecule has 0 aliphatic carbocycles. The van der Waals surface area contributed by atoms with Crippen molar-refractivity contribution in [2.75, 3.05) is 6.54 Å². The molecule has 1 heterocycles. The third-order valence-corrected chi connectivity index (χ3v) is 6.11. The highest BCUT2D eigenvalue weighted by atomic mass is 32.2. The Balaban J connectivity index is 2.26. The second-order valence-electron chi connectivity index (χ2n) is 5.94. The molecule has 0 bridgehead atoms. The van der Waals surface area contributed by atoms with Gasteiger partial charge in [0.05, 0.1) is 10.5 Å². The van der Waals surface area contributed by atoms with Crippen molar-refractivity contribution in [3.8, 4) is 0 Å². The first kappa shape index (κ1) is 18.4. The quantitative estimate of drug-likeness (QED) is 0.802. The van der Waals surface area contributed by atoms with Gasteiger partial charge in [-0.05, 0) is 44.9 Å². The molecule has 0 unspecified atom stereocenters. The predicted molar refractivity (Wildman–Crippen MR) is 87.7 cm³/mol. The fourth-order valence-electron chi connectivity index (χ4n) is 2.63. The first-order valence-electron chi connectivity index (χ1n) is 7.85. The number of nitrogens with zero attached hydrogens (tertiary/aromatic N) is 1. The van der Waals surface area contributed by atoms with E-state index in [9.17, 15) is 18.0 Å². The first-order valence-corrected chi connectivity index (χ1v) is 9.29. The van der Waals surface area contributed by atoms with Gasteiger partial charge in [0.2, 0.25) is 10.0 Å². The maximum absolute atomic E-state index is 12.8. The SMILES string of the molecule is C[C@@H]1CCCCN1S(=O)(=O)c1cccc(C(=O)O[C@H](C)C(N)=O)c1. The van der Waals surface area contributed by atoms with Gasteiger partial charge in [-0.3, -0.25) is 4.79 Å². The molecule has 0 saturated carbocycles. The maximum atomic E-state index is 12.8. The lowest BCUT2D eigenvalue weighted by molar-refractivity contribution is -0.125. The highest BCUT2D eigenvalue weighted by Gasteiger charge is 2.31. The Labute approximate surface area is 141 Å². The van der Waals surface area contributed by atoms with Crippen LogP contribution in [0.25, 0.3) is 0 Å². The van der Waals surface area contributed by atoms with Crippen molar-refractivity contribution in [3.05, 3.63) is 29.8 Å². The average Bonchev–Trinajstić information content (AvgIpc) is 2.55. The number of piperidine rings is 1. The van der Waals surface area contributed by atoms with Crippen molar-refractivity contribution in [3.63, 3.8) is 0 Å². The lowest BCUT2D eigenvalue weighted by Gasteiger charge is -2.32. The van der Waals surface area contributed by atoms with Gasteiger partial charge in [-0.25, -0.2) is 13.2 Å². The van der Waals surface area contributed by atoms with E-state index in [0.717, 1.165) is 19.3 Å². The van der Waals surface area contributed by atoms with E-state index in [1.54, 1.807) is 0 Å². The second-order valence-corrected chi connectivity index (χ2v) is 7.83. The summed E-state index contributed by atoms with van der Waals surface area (Å²) in [6.07, 6.45) is 1.56. The van der Waals surface area contributed by atoms with E-state index in [2.05, 4.69) is 0 Å². The van der Waals surface area contributed by atoms with Crippen LogP contribution in [0.2, 0.25) is 0 Å². The van der Waals surface area contributed by atoms with Gasteiger partial charge >= 0.3 is 5.97 Å². The standard InChI is InChI=1S/C16H22N2O5S/c1-11-6-3-4-9-18(11)24(21,22)14-8-5-7-13(10-14)16(20)23-12(2)15(17)19/h5,7-8,10-12H,3-4,6,9H2,1-2H3,(H2,17,19)/t11-,12-/m1/s1. The minimum atomic E-state index is -3.68. The number of nitrogens with two attached hydrogens (primary N) is 1. The fourth-order valence-corrected chi connectivity index (χ4v) is 4.38. The Bertz CT molecular complexity index is 732. The van der Waals surface area contributed by atoms with Crippen molar-refractivity contribution in [1.29, 1.82) is 0 Å². The summed E-state index contributed by atoms with van der Waals surface area (Å²) < 4.78 is 32.0. The zero-order valence-electron chi connectivity index (χ0n) is 13.8. The molecule has 7 nitrogen and oxygen atoms in total. The van der Waals surface area contributed by atoms with Crippen molar-refractivity contribution < 1.29 is 22.7 Å². The van der Waals surface area contributed by atoms with Gasteiger partial charge in [-0.1, -0.05) is 12.5 Å². The van der Waals surface area contributed by atoms with Crippen LogP contribution in [0.1, 0.15) is 43.5 Å². The van der Waals surface area contributed by atoms with Crippen LogP contribution < -0.4 is 5.73 Å². The highest BCUT2D eigenvalue weighted by Crippen LogP contribution is 2.25. The van der Waals surface area contributed by atoms with Crippen LogP contribution in [-0.4, -0.2) is 43.3 Å². The Morgan fingerprint density at radius 3 is 2.67 bits per heavy atom. The monoisotopic (exact) mass is 354 g/mol. The lowest BCUT2D eigenvalue weighted by Crippen LogP contribution is -2.41. The number of amides is 1. The Morgan fingerprint density at radius 2 is 2.04 bits per heavy atom. The van der Waals surface area contributed by atoms with Crippen molar-refractivity contribution in [2.45, 2.75) is 50.2 Å².